The van der Waals surface area contributed by atoms with Crippen LogP contribution in [-0.4, -0.2) is 11.7 Å². The highest BCUT2D eigenvalue weighted by Crippen LogP contribution is 2.29. The summed E-state index contributed by atoms with van der Waals surface area (Å²) < 4.78 is 7.07. The van der Waals surface area contributed by atoms with E-state index >= 15 is 0 Å². The first kappa shape index (κ1) is 14.1. The Balaban J connectivity index is 2.17. The number of hydrogen-bond acceptors (Lipinski definition) is 2. The molecule has 0 spiro atoms. The molecule has 0 aliphatic carbocycles. The maximum Gasteiger partial charge on any atom is 0.255 e. The number of rotatable bonds is 3. The third-order valence-electron chi connectivity index (χ3n) is 3.61. The zero-order valence-electron chi connectivity index (χ0n) is 12.6. The van der Waals surface area contributed by atoms with Crippen molar-refractivity contribution in [2.45, 2.75) is 6.92 Å². The van der Waals surface area contributed by atoms with Gasteiger partial charge in [-0.2, -0.15) is 0 Å². The van der Waals surface area contributed by atoms with E-state index in [-0.39, 0.29) is 5.56 Å². The van der Waals surface area contributed by atoms with Crippen molar-refractivity contribution in [2.24, 2.45) is 0 Å². The summed E-state index contributed by atoms with van der Waals surface area (Å²) in [6.07, 6.45) is 1.86. The van der Waals surface area contributed by atoms with Gasteiger partial charge in [-0.25, -0.2) is 0 Å². The first-order chi connectivity index (χ1) is 10.7. The SMILES string of the molecule is COc1ccccc1-c1ccc(=O)n(-c2cccc(C)c2)c1. The van der Waals surface area contributed by atoms with Gasteiger partial charge in [-0.1, -0.05) is 30.3 Å². The monoisotopic (exact) mass is 291 g/mol. The second kappa shape index (κ2) is 5.90. The summed E-state index contributed by atoms with van der Waals surface area (Å²) in [5.41, 5.74) is 3.84. The highest BCUT2D eigenvalue weighted by atomic mass is 16.5. The van der Waals surface area contributed by atoms with Gasteiger partial charge in [-0.15, -0.1) is 0 Å². The lowest BCUT2D eigenvalue weighted by Crippen LogP contribution is -2.16. The number of ether oxygens (including phenoxy) is 1. The van der Waals surface area contributed by atoms with E-state index in [0.29, 0.717) is 0 Å². The van der Waals surface area contributed by atoms with E-state index in [1.165, 1.54) is 0 Å². The number of aryl methyl sites for hydroxylation is 1. The van der Waals surface area contributed by atoms with Crippen LogP contribution in [0.1, 0.15) is 5.56 Å². The summed E-state index contributed by atoms with van der Waals surface area (Å²) in [5.74, 6) is 0.789. The molecule has 0 saturated heterocycles. The minimum Gasteiger partial charge on any atom is -0.496 e. The molecule has 110 valence electrons. The lowest BCUT2D eigenvalue weighted by atomic mass is 10.1. The Morgan fingerprint density at radius 3 is 2.55 bits per heavy atom. The van der Waals surface area contributed by atoms with Gasteiger partial charge >= 0.3 is 0 Å². The van der Waals surface area contributed by atoms with E-state index in [0.717, 1.165) is 28.1 Å². The standard InChI is InChI=1S/C19H17NO2/c1-14-6-5-7-16(12-14)20-13-15(10-11-19(20)21)17-8-3-4-9-18(17)22-2/h3-13H,1-2H3. The van der Waals surface area contributed by atoms with Crippen LogP contribution in [0.4, 0.5) is 0 Å². The topological polar surface area (TPSA) is 31.2 Å². The minimum atomic E-state index is -0.0516. The molecular weight excluding hydrogens is 274 g/mol. The van der Waals surface area contributed by atoms with Gasteiger partial charge in [-0.05, 0) is 36.8 Å². The number of hydrogen-bond donors (Lipinski definition) is 0. The Kier molecular flexibility index (Phi) is 3.79. The van der Waals surface area contributed by atoms with Crippen LogP contribution in [0.2, 0.25) is 0 Å². The summed E-state index contributed by atoms with van der Waals surface area (Å²) in [5, 5.41) is 0. The third kappa shape index (κ3) is 2.66. The van der Waals surface area contributed by atoms with Crippen molar-refractivity contribution < 1.29 is 4.74 Å². The molecule has 0 unspecified atom stereocenters. The fraction of sp³-hybridized carbons (Fsp3) is 0.105. The molecule has 0 bridgehead atoms. The number of benzene rings is 2. The highest BCUT2D eigenvalue weighted by molar-refractivity contribution is 5.69. The van der Waals surface area contributed by atoms with Crippen LogP contribution in [0.25, 0.3) is 16.8 Å². The molecule has 3 aromatic rings. The molecule has 0 atom stereocenters. The molecule has 0 aliphatic heterocycles. The first-order valence-electron chi connectivity index (χ1n) is 7.12. The van der Waals surface area contributed by atoms with Crippen LogP contribution in [-0.2, 0) is 0 Å². The maximum absolute atomic E-state index is 12.2. The van der Waals surface area contributed by atoms with Gasteiger partial charge in [0.1, 0.15) is 5.75 Å². The van der Waals surface area contributed by atoms with E-state index in [2.05, 4.69) is 0 Å². The van der Waals surface area contributed by atoms with Crippen molar-refractivity contribution in [3.8, 4) is 22.6 Å². The average Bonchev–Trinajstić information content (AvgIpc) is 2.55. The molecule has 3 nitrogen and oxygen atoms in total. The van der Waals surface area contributed by atoms with E-state index < -0.39 is 0 Å². The Morgan fingerprint density at radius 2 is 1.77 bits per heavy atom. The summed E-state index contributed by atoms with van der Waals surface area (Å²) in [4.78, 5) is 12.2. The van der Waals surface area contributed by atoms with Crippen LogP contribution in [0, 0.1) is 6.92 Å². The molecule has 2 aromatic carbocycles. The minimum absolute atomic E-state index is 0.0516. The van der Waals surface area contributed by atoms with Crippen LogP contribution >= 0.6 is 0 Å². The Hall–Kier alpha value is -2.81. The van der Waals surface area contributed by atoms with E-state index in [4.69, 9.17) is 4.74 Å². The molecule has 0 saturated carbocycles. The number of pyridine rings is 1. The number of aromatic nitrogens is 1. The first-order valence-corrected chi connectivity index (χ1v) is 7.12. The van der Waals surface area contributed by atoms with Crippen LogP contribution in [0.5, 0.6) is 5.75 Å². The van der Waals surface area contributed by atoms with E-state index in [9.17, 15) is 4.79 Å². The molecule has 3 heteroatoms. The molecule has 0 N–H and O–H groups in total. The second-order valence-corrected chi connectivity index (χ2v) is 5.17. The molecule has 1 heterocycles. The van der Waals surface area contributed by atoms with Gasteiger partial charge in [0, 0.05) is 29.1 Å². The number of nitrogens with zero attached hydrogens (tertiary/aromatic N) is 1. The largest absolute Gasteiger partial charge is 0.496 e. The van der Waals surface area contributed by atoms with Crippen molar-refractivity contribution in [3.05, 3.63) is 82.8 Å². The molecule has 0 radical (unpaired) electrons. The van der Waals surface area contributed by atoms with Gasteiger partial charge < -0.3 is 4.74 Å². The van der Waals surface area contributed by atoms with Crippen molar-refractivity contribution >= 4 is 0 Å². The van der Waals surface area contributed by atoms with Gasteiger partial charge in [0.25, 0.3) is 5.56 Å². The number of methoxy groups -OCH3 is 1. The summed E-state index contributed by atoms with van der Waals surface area (Å²) in [6, 6.07) is 19.1. The number of para-hydroxylation sites is 1. The van der Waals surface area contributed by atoms with E-state index in [1.54, 1.807) is 17.7 Å². The second-order valence-electron chi connectivity index (χ2n) is 5.17. The smallest absolute Gasteiger partial charge is 0.255 e. The van der Waals surface area contributed by atoms with Gasteiger partial charge in [0.05, 0.1) is 7.11 Å². The lowest BCUT2D eigenvalue weighted by molar-refractivity contribution is 0.416. The quantitative estimate of drug-likeness (QED) is 0.734. The predicted molar refractivity (Wildman–Crippen MR) is 88.8 cm³/mol. The third-order valence-corrected chi connectivity index (χ3v) is 3.61. The van der Waals surface area contributed by atoms with Crippen molar-refractivity contribution in [1.29, 1.82) is 0 Å². The van der Waals surface area contributed by atoms with Gasteiger partial charge in [0.15, 0.2) is 0 Å². The van der Waals surface area contributed by atoms with Crippen molar-refractivity contribution in [2.75, 3.05) is 7.11 Å². The summed E-state index contributed by atoms with van der Waals surface area (Å²) >= 11 is 0. The van der Waals surface area contributed by atoms with Crippen LogP contribution in [0.15, 0.2) is 71.7 Å². The highest BCUT2D eigenvalue weighted by Gasteiger charge is 2.07. The van der Waals surface area contributed by atoms with E-state index in [1.807, 2.05) is 67.7 Å². The molecule has 1 aromatic heterocycles. The van der Waals surface area contributed by atoms with Crippen molar-refractivity contribution in [1.82, 2.24) is 4.57 Å². The normalized spacial score (nSPS) is 10.5. The van der Waals surface area contributed by atoms with Crippen LogP contribution in [0.3, 0.4) is 0 Å². The molecular formula is C19H17NO2. The maximum atomic E-state index is 12.2. The average molecular weight is 291 g/mol. The van der Waals surface area contributed by atoms with Gasteiger partial charge in [-0.3, -0.25) is 9.36 Å². The Morgan fingerprint density at radius 1 is 0.955 bits per heavy atom. The molecule has 0 amide bonds. The zero-order valence-corrected chi connectivity index (χ0v) is 12.6. The molecule has 22 heavy (non-hydrogen) atoms. The predicted octanol–water partition coefficient (Wildman–Crippen LogP) is 3.82. The summed E-state index contributed by atoms with van der Waals surface area (Å²) in [7, 11) is 1.65. The lowest BCUT2D eigenvalue weighted by Gasteiger charge is -2.11. The molecule has 0 aliphatic rings. The fourth-order valence-electron chi connectivity index (χ4n) is 2.51. The Labute approximate surface area is 129 Å². The zero-order chi connectivity index (χ0) is 15.5. The Bertz CT molecular complexity index is 865. The van der Waals surface area contributed by atoms with Crippen molar-refractivity contribution in [3.63, 3.8) is 0 Å². The van der Waals surface area contributed by atoms with Gasteiger partial charge in [0.2, 0.25) is 0 Å². The molecule has 3 rings (SSSR count). The fourth-order valence-corrected chi connectivity index (χ4v) is 2.51. The molecule has 0 fully saturated rings. The summed E-state index contributed by atoms with van der Waals surface area (Å²) in [6.45, 7) is 2.01. The van der Waals surface area contributed by atoms with Crippen LogP contribution < -0.4 is 10.3 Å².